The number of nitrogens with one attached hydrogen (secondary N) is 1. The minimum Gasteiger partial charge on any atom is -0.756 e. The Morgan fingerprint density at radius 1 is 0.447 bits per heavy atom. The Hall–Kier alpha value is -0.760. The van der Waals surface area contributed by atoms with Gasteiger partial charge in [0.25, 0.3) is 7.82 Å². The molecule has 0 fully saturated rings. The molecule has 76 heavy (non-hydrogen) atoms. The molecule has 2 N–H and O–H groups in total. The Kier molecular flexibility index (Phi) is 58.3. The Bertz CT molecular complexity index is 1240. The van der Waals surface area contributed by atoms with Crippen LogP contribution in [0, 0.1) is 0 Å². The van der Waals surface area contributed by atoms with Crippen LogP contribution in [0.1, 0.15) is 361 Å². The Morgan fingerprint density at radius 2 is 0.724 bits per heavy atom. The molecule has 0 aliphatic heterocycles. The Balaban J connectivity index is 3.89. The summed E-state index contributed by atoms with van der Waals surface area (Å²) < 4.78 is 23.5. The molecule has 9 heteroatoms. The zero-order chi connectivity index (χ0) is 55.6. The number of quaternary nitrogens is 1. The first-order valence-electron chi connectivity index (χ1n) is 34.0. The lowest BCUT2D eigenvalue weighted by Crippen LogP contribution is -2.46. The fraction of sp³-hybridized carbons (Fsp3) is 0.955. The number of aliphatic hydroxyl groups excluding tert-OH is 1. The largest absolute Gasteiger partial charge is 0.756 e. The molecule has 0 bridgehead atoms. The van der Waals surface area contributed by atoms with Gasteiger partial charge < -0.3 is 28.8 Å². The molecule has 0 radical (unpaired) electrons. The summed E-state index contributed by atoms with van der Waals surface area (Å²) in [5.74, 6) is -0.156. The fourth-order valence-corrected chi connectivity index (χ4v) is 11.4. The van der Waals surface area contributed by atoms with Gasteiger partial charge in [-0.2, -0.15) is 0 Å². The number of nitrogens with zero attached hydrogens (tertiary/aromatic N) is 1. The molecular formula is C67H135N2O6P. The van der Waals surface area contributed by atoms with E-state index in [1.165, 1.54) is 295 Å². The first kappa shape index (κ1) is 75.2. The second-order valence-electron chi connectivity index (χ2n) is 24.9. The lowest BCUT2D eigenvalue weighted by molar-refractivity contribution is -0.870. The van der Waals surface area contributed by atoms with Gasteiger partial charge in [-0.1, -0.05) is 328 Å². The van der Waals surface area contributed by atoms with Gasteiger partial charge in [0.2, 0.25) is 5.91 Å². The lowest BCUT2D eigenvalue weighted by atomic mass is 10.0. The third-order valence-electron chi connectivity index (χ3n) is 16.0. The minimum atomic E-state index is -4.57. The number of phosphoric ester groups is 1. The van der Waals surface area contributed by atoms with Crippen molar-refractivity contribution in [2.24, 2.45) is 0 Å². The molecule has 8 nitrogen and oxygen atoms in total. The number of allylic oxidation sites excluding steroid dienone is 2. The molecule has 0 aromatic rings. The van der Waals surface area contributed by atoms with E-state index in [0.29, 0.717) is 23.9 Å². The van der Waals surface area contributed by atoms with Crippen LogP contribution in [-0.2, 0) is 18.4 Å². The van der Waals surface area contributed by atoms with Crippen molar-refractivity contribution >= 4 is 13.7 Å². The van der Waals surface area contributed by atoms with Gasteiger partial charge >= 0.3 is 0 Å². The number of carbonyl (C=O) groups excluding carboxylic acids is 1. The average molecular weight is 1100 g/mol. The van der Waals surface area contributed by atoms with Crippen LogP contribution < -0.4 is 10.2 Å². The highest BCUT2D eigenvalue weighted by molar-refractivity contribution is 7.45. The third-order valence-corrected chi connectivity index (χ3v) is 17.0. The molecule has 0 aromatic heterocycles. The van der Waals surface area contributed by atoms with Crippen molar-refractivity contribution in [1.82, 2.24) is 5.32 Å². The molecule has 0 aliphatic carbocycles. The van der Waals surface area contributed by atoms with Gasteiger partial charge in [-0.15, -0.1) is 0 Å². The smallest absolute Gasteiger partial charge is 0.268 e. The average Bonchev–Trinajstić information content (AvgIpc) is 3.38. The molecule has 3 unspecified atom stereocenters. The van der Waals surface area contributed by atoms with E-state index >= 15 is 0 Å². The van der Waals surface area contributed by atoms with Gasteiger partial charge in [0.05, 0.1) is 39.9 Å². The molecule has 0 rings (SSSR count). The highest BCUT2D eigenvalue weighted by atomic mass is 31.2. The highest BCUT2D eigenvalue weighted by Gasteiger charge is 2.24. The van der Waals surface area contributed by atoms with Crippen LogP contribution in [0.2, 0.25) is 0 Å². The molecule has 0 aliphatic rings. The molecule has 0 heterocycles. The van der Waals surface area contributed by atoms with E-state index in [1.54, 1.807) is 0 Å². The summed E-state index contributed by atoms with van der Waals surface area (Å²) in [7, 11) is 1.33. The molecule has 1 amide bonds. The van der Waals surface area contributed by atoms with Crippen LogP contribution in [0.4, 0.5) is 0 Å². The second-order valence-corrected chi connectivity index (χ2v) is 26.3. The van der Waals surface area contributed by atoms with Crippen LogP contribution in [0.3, 0.4) is 0 Å². The van der Waals surface area contributed by atoms with Crippen LogP contribution in [-0.4, -0.2) is 68.5 Å². The van der Waals surface area contributed by atoms with E-state index in [2.05, 4.69) is 31.3 Å². The monoisotopic (exact) mass is 1100 g/mol. The van der Waals surface area contributed by atoms with Crippen LogP contribution in [0.15, 0.2) is 12.2 Å². The van der Waals surface area contributed by atoms with E-state index in [-0.39, 0.29) is 19.1 Å². The lowest BCUT2D eigenvalue weighted by Gasteiger charge is -2.30. The maximum absolute atomic E-state index is 13.0. The normalized spacial score (nSPS) is 13.7. The van der Waals surface area contributed by atoms with E-state index in [1.807, 2.05) is 21.1 Å². The van der Waals surface area contributed by atoms with Crippen molar-refractivity contribution in [3.63, 3.8) is 0 Å². The third kappa shape index (κ3) is 60.9. The Labute approximate surface area is 475 Å². The minimum absolute atomic E-state index is 0.0160. The fourth-order valence-electron chi connectivity index (χ4n) is 10.7. The zero-order valence-corrected chi connectivity index (χ0v) is 52.9. The van der Waals surface area contributed by atoms with Crippen molar-refractivity contribution < 1.29 is 32.9 Å². The molecule has 0 spiro atoms. The summed E-state index contributed by atoms with van der Waals surface area (Å²) in [6.45, 7) is 4.78. The number of phosphoric acid groups is 1. The number of carbonyl (C=O) groups is 1. The SMILES string of the molecule is CCCCCCCCCC/C=C\CCCCCCCCCCCCCCCCCCCCCCCCCCCC(=O)NC(COP(=O)([O-])OCC[N+](C)(C)C)C(O)CCCCCCCCCCCCCCCCCCC. The quantitative estimate of drug-likeness (QED) is 0.0272. The molecule has 0 aromatic carbocycles. The first-order chi connectivity index (χ1) is 37.0. The van der Waals surface area contributed by atoms with Crippen molar-refractivity contribution in [2.75, 3.05) is 40.9 Å². The number of hydrogen-bond acceptors (Lipinski definition) is 6. The zero-order valence-electron chi connectivity index (χ0n) is 52.0. The van der Waals surface area contributed by atoms with Crippen LogP contribution in [0.5, 0.6) is 0 Å². The number of rotatable bonds is 64. The van der Waals surface area contributed by atoms with E-state index < -0.39 is 20.0 Å². The van der Waals surface area contributed by atoms with Gasteiger partial charge in [0.1, 0.15) is 13.2 Å². The highest BCUT2D eigenvalue weighted by Crippen LogP contribution is 2.38. The summed E-state index contributed by atoms with van der Waals surface area (Å²) in [6.07, 6.45) is 74.4. The van der Waals surface area contributed by atoms with Gasteiger partial charge in [0, 0.05) is 6.42 Å². The summed E-state index contributed by atoms with van der Waals surface area (Å²) in [5.41, 5.74) is 0. The van der Waals surface area contributed by atoms with Gasteiger partial charge in [0.15, 0.2) is 0 Å². The van der Waals surface area contributed by atoms with E-state index in [0.717, 1.165) is 38.5 Å². The van der Waals surface area contributed by atoms with Crippen molar-refractivity contribution in [1.29, 1.82) is 0 Å². The van der Waals surface area contributed by atoms with E-state index in [4.69, 9.17) is 9.05 Å². The molecule has 0 saturated heterocycles. The molecule has 3 atom stereocenters. The van der Waals surface area contributed by atoms with Gasteiger partial charge in [-0.25, -0.2) is 0 Å². The number of likely N-dealkylation sites (N-methyl/N-ethyl adjacent to an activating group) is 1. The summed E-state index contributed by atoms with van der Waals surface area (Å²) in [4.78, 5) is 25.6. The second kappa shape index (κ2) is 58.9. The first-order valence-corrected chi connectivity index (χ1v) is 35.5. The number of unbranched alkanes of at least 4 members (excludes halogenated alkanes) is 49. The summed E-state index contributed by atoms with van der Waals surface area (Å²) in [6, 6.07) is -0.797. The van der Waals surface area contributed by atoms with Gasteiger partial charge in [-0.3, -0.25) is 9.36 Å². The molecule has 0 saturated carbocycles. The topological polar surface area (TPSA) is 108 Å². The summed E-state index contributed by atoms with van der Waals surface area (Å²) >= 11 is 0. The maximum Gasteiger partial charge on any atom is 0.268 e. The van der Waals surface area contributed by atoms with Crippen LogP contribution in [0.25, 0.3) is 0 Å². The van der Waals surface area contributed by atoms with E-state index in [9.17, 15) is 19.4 Å². The predicted octanol–water partition coefficient (Wildman–Crippen LogP) is 20.7. The van der Waals surface area contributed by atoms with Crippen molar-refractivity contribution in [2.45, 2.75) is 373 Å². The Morgan fingerprint density at radius 3 is 1.03 bits per heavy atom. The number of hydrogen-bond donors (Lipinski definition) is 2. The molecular weight excluding hydrogens is 960 g/mol. The predicted molar refractivity (Wildman–Crippen MR) is 330 cm³/mol. The molecule has 454 valence electrons. The number of amides is 1. The van der Waals surface area contributed by atoms with Crippen molar-refractivity contribution in [3.8, 4) is 0 Å². The standard InChI is InChI=1S/C67H135N2O6P/c1-6-8-10-12-14-16-18-20-22-24-25-26-27-28-29-30-31-32-33-34-35-36-37-38-39-40-41-42-43-45-47-49-51-53-55-57-59-61-67(71)68-65(64-75-76(72,73)74-63-62-69(3,4)5)66(70)60-58-56-54-52-50-48-46-44-23-21-19-17-15-13-11-9-7-2/h24-25,65-66,70H,6-23,26-64H2,1-5H3,(H-,68,71,72,73)/b25-24-. The van der Waals surface area contributed by atoms with Gasteiger partial charge in [-0.05, 0) is 38.5 Å². The summed E-state index contributed by atoms with van der Waals surface area (Å²) in [5, 5.41) is 14.1. The van der Waals surface area contributed by atoms with Crippen molar-refractivity contribution in [3.05, 3.63) is 12.2 Å². The van der Waals surface area contributed by atoms with Crippen LogP contribution >= 0.6 is 7.82 Å². The maximum atomic E-state index is 13.0. The number of aliphatic hydroxyl groups is 1.